The quantitative estimate of drug-likeness (QED) is 0.359. The Hall–Kier alpha value is -1.42. The first kappa shape index (κ1) is 22.6. The van der Waals surface area contributed by atoms with Gasteiger partial charge in [0, 0.05) is 18.9 Å². The third-order valence-corrected chi connectivity index (χ3v) is 5.19. The zero-order chi connectivity index (χ0) is 19.4. The zero-order valence-electron chi connectivity index (χ0n) is 16.5. The van der Waals surface area contributed by atoms with E-state index in [0.717, 1.165) is 51.4 Å². The minimum atomic E-state index is -0.840. The third-order valence-electron chi connectivity index (χ3n) is 5.19. The van der Waals surface area contributed by atoms with Gasteiger partial charge in [0.25, 0.3) is 0 Å². The number of aliphatic hydroxyl groups excluding tert-OH is 1. The summed E-state index contributed by atoms with van der Waals surface area (Å²) in [5.41, 5.74) is -0.232. The van der Waals surface area contributed by atoms with Crippen LogP contribution < -0.4 is 0 Å². The minimum Gasteiger partial charge on any atom is -0.481 e. The first-order valence-electron chi connectivity index (χ1n) is 10.1. The van der Waals surface area contributed by atoms with Crippen LogP contribution >= 0.6 is 0 Å². The largest absolute Gasteiger partial charge is 0.481 e. The van der Waals surface area contributed by atoms with Crippen LogP contribution in [0, 0.1) is 17.3 Å². The summed E-state index contributed by atoms with van der Waals surface area (Å²) in [5.74, 6) is -1.59. The van der Waals surface area contributed by atoms with Crippen LogP contribution in [-0.4, -0.2) is 28.6 Å². The molecule has 0 spiro atoms. The highest BCUT2D eigenvalue weighted by Gasteiger charge is 2.38. The molecular weight excluding hydrogens is 328 g/mol. The monoisotopic (exact) mass is 364 g/mol. The van der Waals surface area contributed by atoms with Gasteiger partial charge in [0.2, 0.25) is 0 Å². The van der Waals surface area contributed by atoms with Crippen molar-refractivity contribution >= 4 is 11.8 Å². The van der Waals surface area contributed by atoms with Crippen LogP contribution in [0.15, 0.2) is 24.3 Å². The number of carbonyl (C=O) groups excluding carboxylic acids is 1. The molecule has 0 aromatic heterocycles. The molecule has 1 aliphatic rings. The van der Waals surface area contributed by atoms with Crippen molar-refractivity contribution in [3.8, 4) is 0 Å². The van der Waals surface area contributed by atoms with E-state index in [-0.39, 0.29) is 23.7 Å². The van der Waals surface area contributed by atoms with Crippen molar-refractivity contribution in [2.24, 2.45) is 17.3 Å². The second-order valence-corrected chi connectivity index (χ2v) is 8.14. The van der Waals surface area contributed by atoms with Gasteiger partial charge >= 0.3 is 5.97 Å². The molecular formula is C22H36O4. The molecule has 0 saturated heterocycles. The van der Waals surface area contributed by atoms with Crippen molar-refractivity contribution in [2.75, 3.05) is 6.61 Å². The lowest BCUT2D eigenvalue weighted by Gasteiger charge is -2.27. The van der Waals surface area contributed by atoms with E-state index in [1.165, 1.54) is 0 Å². The second kappa shape index (κ2) is 12.1. The molecule has 26 heavy (non-hydrogen) atoms. The molecule has 0 heterocycles. The van der Waals surface area contributed by atoms with E-state index >= 15 is 0 Å². The van der Waals surface area contributed by atoms with Gasteiger partial charge in [-0.05, 0) is 50.4 Å². The van der Waals surface area contributed by atoms with Crippen LogP contribution in [0.4, 0.5) is 0 Å². The van der Waals surface area contributed by atoms with E-state index in [2.05, 4.69) is 24.3 Å². The molecule has 1 aliphatic carbocycles. The highest BCUT2D eigenvalue weighted by molar-refractivity contribution is 5.87. The average molecular weight is 365 g/mol. The summed E-state index contributed by atoms with van der Waals surface area (Å²) in [6.45, 7) is 4.38. The van der Waals surface area contributed by atoms with Crippen molar-refractivity contribution in [3.05, 3.63) is 24.3 Å². The number of carboxylic acid groups (broad SMARTS) is 1. The average Bonchev–Trinajstić information content (AvgIpc) is 3.00. The molecule has 1 rings (SSSR count). The summed E-state index contributed by atoms with van der Waals surface area (Å²) >= 11 is 0. The standard InChI is InChI=1S/C22H36O4/c1-22(2,15-10-8-6-4-3-5-7-9-11-16-23)17-19(21(25)26)18-13-12-14-20(18)24/h4,6,10,15,18-19,23H,3,5,7-9,11-14,16-17H2,1-2H3,(H,25,26)/t18-,19+/m1/s1. The van der Waals surface area contributed by atoms with E-state index in [0.29, 0.717) is 12.8 Å². The van der Waals surface area contributed by atoms with Gasteiger partial charge in [0.1, 0.15) is 5.78 Å². The van der Waals surface area contributed by atoms with Crippen LogP contribution in [0.25, 0.3) is 0 Å². The first-order chi connectivity index (χ1) is 12.4. The molecule has 2 N–H and O–H groups in total. The van der Waals surface area contributed by atoms with Crippen LogP contribution in [0.2, 0.25) is 0 Å². The highest BCUT2D eigenvalue weighted by atomic mass is 16.4. The number of Topliss-reactive ketones (excluding diaryl/α,β-unsaturated/α-hetero) is 1. The number of carboxylic acids is 1. The zero-order valence-corrected chi connectivity index (χ0v) is 16.5. The van der Waals surface area contributed by atoms with Crippen LogP contribution in [0.5, 0.6) is 0 Å². The van der Waals surface area contributed by atoms with Gasteiger partial charge in [-0.3, -0.25) is 9.59 Å². The molecule has 148 valence electrons. The number of hydrogen-bond donors (Lipinski definition) is 2. The van der Waals surface area contributed by atoms with Crippen molar-refractivity contribution in [2.45, 2.75) is 78.1 Å². The minimum absolute atomic E-state index is 0.124. The second-order valence-electron chi connectivity index (χ2n) is 8.14. The number of carbonyl (C=O) groups is 2. The molecule has 0 unspecified atom stereocenters. The van der Waals surface area contributed by atoms with Crippen molar-refractivity contribution < 1.29 is 19.8 Å². The Balaban J connectivity index is 2.37. The molecule has 0 aromatic rings. The fourth-order valence-electron chi connectivity index (χ4n) is 3.71. The topological polar surface area (TPSA) is 74.6 Å². The van der Waals surface area contributed by atoms with E-state index in [9.17, 15) is 14.7 Å². The summed E-state index contributed by atoms with van der Waals surface area (Å²) in [5, 5.41) is 18.3. The maximum Gasteiger partial charge on any atom is 0.307 e. The summed E-state index contributed by atoms with van der Waals surface area (Å²) in [4.78, 5) is 23.6. The Morgan fingerprint density at radius 1 is 1.19 bits per heavy atom. The fourth-order valence-corrected chi connectivity index (χ4v) is 3.71. The molecule has 0 bridgehead atoms. The number of hydrogen-bond acceptors (Lipinski definition) is 3. The summed E-state index contributed by atoms with van der Waals surface area (Å²) in [7, 11) is 0. The maximum absolute atomic E-state index is 11.9. The van der Waals surface area contributed by atoms with Crippen LogP contribution in [0.1, 0.15) is 78.1 Å². The van der Waals surface area contributed by atoms with Gasteiger partial charge in [0.15, 0.2) is 0 Å². The van der Waals surface area contributed by atoms with Gasteiger partial charge in [-0.1, -0.05) is 51.0 Å². The molecule has 0 aliphatic heterocycles. The Labute approximate surface area is 158 Å². The van der Waals surface area contributed by atoms with Crippen molar-refractivity contribution in [3.63, 3.8) is 0 Å². The summed E-state index contributed by atoms with van der Waals surface area (Å²) in [6.07, 6.45) is 17.3. The number of allylic oxidation sites excluding steroid dienone is 4. The van der Waals surface area contributed by atoms with E-state index in [4.69, 9.17) is 5.11 Å². The highest BCUT2D eigenvalue weighted by Crippen LogP contribution is 2.37. The third kappa shape index (κ3) is 8.79. The summed E-state index contributed by atoms with van der Waals surface area (Å²) < 4.78 is 0. The molecule has 4 nitrogen and oxygen atoms in total. The molecule has 1 fully saturated rings. The number of unbranched alkanes of at least 4 members (excludes halogenated alkanes) is 4. The van der Waals surface area contributed by atoms with E-state index in [1.54, 1.807) is 0 Å². The van der Waals surface area contributed by atoms with Crippen molar-refractivity contribution in [1.29, 1.82) is 0 Å². The van der Waals surface area contributed by atoms with Gasteiger partial charge < -0.3 is 10.2 Å². The molecule has 2 atom stereocenters. The molecule has 0 amide bonds. The fraction of sp³-hybridized carbons (Fsp3) is 0.727. The lowest BCUT2D eigenvalue weighted by molar-refractivity contribution is -0.147. The predicted molar refractivity (Wildman–Crippen MR) is 105 cm³/mol. The Kier molecular flexibility index (Phi) is 10.5. The van der Waals surface area contributed by atoms with Gasteiger partial charge in [0.05, 0.1) is 5.92 Å². The first-order valence-corrected chi connectivity index (χ1v) is 10.1. The number of aliphatic hydroxyl groups is 1. The number of rotatable bonds is 13. The van der Waals surface area contributed by atoms with Gasteiger partial charge in [-0.25, -0.2) is 0 Å². The number of ketones is 1. The molecule has 1 saturated carbocycles. The van der Waals surface area contributed by atoms with E-state index < -0.39 is 11.9 Å². The van der Waals surface area contributed by atoms with Gasteiger partial charge in [-0.15, -0.1) is 0 Å². The lowest BCUT2D eigenvalue weighted by atomic mass is 9.76. The molecule has 4 heteroatoms. The van der Waals surface area contributed by atoms with Crippen molar-refractivity contribution in [1.82, 2.24) is 0 Å². The smallest absolute Gasteiger partial charge is 0.307 e. The van der Waals surface area contributed by atoms with E-state index in [1.807, 2.05) is 13.8 Å². The number of aliphatic carboxylic acids is 1. The Bertz CT molecular complexity index is 490. The van der Waals surface area contributed by atoms with Gasteiger partial charge in [-0.2, -0.15) is 0 Å². The predicted octanol–water partition coefficient (Wildman–Crippen LogP) is 4.92. The molecule has 0 radical (unpaired) electrons. The normalized spacial score (nSPS) is 19.7. The Morgan fingerprint density at radius 3 is 2.54 bits per heavy atom. The molecule has 0 aromatic carbocycles. The lowest BCUT2D eigenvalue weighted by Crippen LogP contribution is -2.30. The SMILES string of the molecule is CC(C)(C=CCC=CCCCCCCO)C[C@H](C(=O)O)[C@H]1CCCC1=O. The summed E-state index contributed by atoms with van der Waals surface area (Å²) in [6, 6.07) is 0. The maximum atomic E-state index is 11.9. The van der Waals surface area contributed by atoms with Crippen LogP contribution in [-0.2, 0) is 9.59 Å². The van der Waals surface area contributed by atoms with Crippen LogP contribution in [0.3, 0.4) is 0 Å². The Morgan fingerprint density at radius 2 is 1.92 bits per heavy atom.